The molecule has 0 saturated carbocycles. The second kappa shape index (κ2) is 6.01. The molecule has 1 aromatic rings. The molecular weight excluding hydrogens is 364 g/mol. The van der Waals surface area contributed by atoms with Crippen LogP contribution in [0.1, 0.15) is 50.2 Å². The van der Waals surface area contributed by atoms with Crippen molar-refractivity contribution in [2.24, 2.45) is 5.41 Å². The van der Waals surface area contributed by atoms with E-state index < -0.39 is 0 Å². The summed E-state index contributed by atoms with van der Waals surface area (Å²) in [5.74, 6) is 0.926. The molecule has 2 aliphatic rings. The summed E-state index contributed by atoms with van der Waals surface area (Å²) in [5.41, 5.74) is 3.50. The van der Waals surface area contributed by atoms with Gasteiger partial charge >= 0.3 is 0 Å². The van der Waals surface area contributed by atoms with Gasteiger partial charge in [0, 0.05) is 11.8 Å². The van der Waals surface area contributed by atoms with E-state index in [-0.39, 0.29) is 11.2 Å². The molecule has 0 bridgehead atoms. The molecule has 22 heavy (non-hydrogen) atoms. The minimum atomic E-state index is 0.0566. The quantitative estimate of drug-likeness (QED) is 0.681. The summed E-state index contributed by atoms with van der Waals surface area (Å²) in [4.78, 5) is 12.2. The first-order chi connectivity index (χ1) is 10.5. The summed E-state index contributed by atoms with van der Waals surface area (Å²) in [6, 6.07) is 3.96. The summed E-state index contributed by atoms with van der Waals surface area (Å²) in [6.45, 7) is 2.21. The SMILES string of the molecule is CCCCC12CCC(=O)C(Br)=C1c1ccc(OC)c(Cl)c1C2. The lowest BCUT2D eigenvalue weighted by Crippen LogP contribution is -2.27. The molecule has 1 aromatic carbocycles. The van der Waals surface area contributed by atoms with Crippen molar-refractivity contribution >= 4 is 38.9 Å². The number of allylic oxidation sites excluding steroid dienone is 2. The predicted molar refractivity (Wildman–Crippen MR) is 93.8 cm³/mol. The Kier molecular flexibility index (Phi) is 4.39. The van der Waals surface area contributed by atoms with E-state index in [1.165, 1.54) is 12.0 Å². The number of methoxy groups -OCH3 is 1. The third-order valence-corrected chi connectivity index (χ3v) is 6.30. The van der Waals surface area contributed by atoms with Crippen molar-refractivity contribution < 1.29 is 9.53 Å². The number of ether oxygens (including phenoxy) is 1. The lowest BCUT2D eigenvalue weighted by Gasteiger charge is -2.35. The predicted octanol–water partition coefficient (Wildman–Crippen LogP) is 5.55. The number of hydrogen-bond acceptors (Lipinski definition) is 2. The summed E-state index contributed by atoms with van der Waals surface area (Å²) in [5, 5.41) is 0.700. The van der Waals surface area contributed by atoms with E-state index in [9.17, 15) is 4.79 Å². The highest BCUT2D eigenvalue weighted by Crippen LogP contribution is 2.59. The van der Waals surface area contributed by atoms with Gasteiger partial charge in [-0.1, -0.05) is 37.4 Å². The third kappa shape index (κ3) is 2.33. The van der Waals surface area contributed by atoms with Crippen molar-refractivity contribution in [1.82, 2.24) is 0 Å². The fourth-order valence-electron chi connectivity index (χ4n) is 3.90. The van der Waals surface area contributed by atoms with Crippen LogP contribution < -0.4 is 4.74 Å². The molecule has 0 aromatic heterocycles. The molecule has 0 aliphatic heterocycles. The lowest BCUT2D eigenvalue weighted by atomic mass is 9.69. The van der Waals surface area contributed by atoms with Crippen LogP contribution in [0.4, 0.5) is 0 Å². The first kappa shape index (κ1) is 16.1. The van der Waals surface area contributed by atoms with Gasteiger partial charge < -0.3 is 4.74 Å². The number of benzene rings is 1. The number of Topliss-reactive ketones (excluding diaryl/α,β-unsaturated/α-hetero) is 1. The highest BCUT2D eigenvalue weighted by atomic mass is 79.9. The van der Waals surface area contributed by atoms with E-state index in [1.54, 1.807) is 7.11 Å². The lowest BCUT2D eigenvalue weighted by molar-refractivity contribution is -0.115. The average molecular weight is 384 g/mol. The van der Waals surface area contributed by atoms with E-state index in [0.29, 0.717) is 17.2 Å². The minimum Gasteiger partial charge on any atom is -0.495 e. The zero-order valence-electron chi connectivity index (χ0n) is 13.0. The molecule has 0 N–H and O–H groups in total. The van der Waals surface area contributed by atoms with Gasteiger partial charge in [-0.2, -0.15) is 0 Å². The third-order valence-electron chi connectivity index (χ3n) is 5.05. The van der Waals surface area contributed by atoms with Crippen molar-refractivity contribution in [2.75, 3.05) is 7.11 Å². The Hall–Kier alpha value is -0.800. The molecule has 118 valence electrons. The van der Waals surface area contributed by atoms with E-state index in [1.807, 2.05) is 6.07 Å². The normalized spacial score (nSPS) is 23.5. The first-order valence-corrected chi connectivity index (χ1v) is 9.00. The van der Waals surface area contributed by atoms with Gasteiger partial charge in [0.2, 0.25) is 0 Å². The molecule has 4 heteroatoms. The van der Waals surface area contributed by atoms with Gasteiger partial charge in [0.1, 0.15) is 5.75 Å². The maximum atomic E-state index is 12.2. The number of rotatable bonds is 4. The second-order valence-electron chi connectivity index (χ2n) is 6.28. The number of carbonyl (C=O) groups excluding carboxylic acids is 1. The Balaban J connectivity index is 2.18. The van der Waals surface area contributed by atoms with Gasteiger partial charge in [0.05, 0.1) is 16.6 Å². The standard InChI is InChI=1S/C18H20BrClO2/c1-3-4-8-18-9-7-13(21)16(19)15(18)11-5-6-14(22-2)17(20)12(11)10-18/h5-6H,3-4,7-10H2,1-2H3. The Morgan fingerprint density at radius 1 is 1.41 bits per heavy atom. The van der Waals surface area contributed by atoms with Crippen molar-refractivity contribution in [1.29, 1.82) is 0 Å². The molecule has 0 heterocycles. The number of unbranched alkanes of at least 4 members (excludes halogenated alkanes) is 1. The van der Waals surface area contributed by atoms with Gasteiger partial charge in [-0.15, -0.1) is 0 Å². The zero-order valence-corrected chi connectivity index (χ0v) is 15.3. The van der Waals surface area contributed by atoms with E-state index in [2.05, 4.69) is 28.9 Å². The van der Waals surface area contributed by atoms with Crippen LogP contribution >= 0.6 is 27.5 Å². The molecule has 2 nitrogen and oxygen atoms in total. The molecule has 2 aliphatic carbocycles. The summed E-state index contributed by atoms with van der Waals surface area (Å²) in [7, 11) is 1.64. The molecule has 1 unspecified atom stereocenters. The monoisotopic (exact) mass is 382 g/mol. The van der Waals surface area contributed by atoms with E-state index >= 15 is 0 Å². The molecule has 3 rings (SSSR count). The van der Waals surface area contributed by atoms with Gasteiger partial charge in [-0.3, -0.25) is 4.79 Å². The Morgan fingerprint density at radius 2 is 2.18 bits per heavy atom. The van der Waals surface area contributed by atoms with Crippen molar-refractivity contribution in [2.45, 2.75) is 45.4 Å². The van der Waals surface area contributed by atoms with Crippen LogP contribution in [0.3, 0.4) is 0 Å². The maximum absolute atomic E-state index is 12.2. The van der Waals surface area contributed by atoms with Crippen LogP contribution in [0.15, 0.2) is 16.6 Å². The van der Waals surface area contributed by atoms with Crippen LogP contribution in [0, 0.1) is 5.41 Å². The second-order valence-corrected chi connectivity index (χ2v) is 7.45. The average Bonchev–Trinajstić information content (AvgIpc) is 2.86. The number of ketones is 1. The van der Waals surface area contributed by atoms with Crippen LogP contribution in [-0.4, -0.2) is 12.9 Å². The van der Waals surface area contributed by atoms with Gasteiger partial charge in [-0.25, -0.2) is 0 Å². The number of fused-ring (bicyclic) bond motifs is 3. The summed E-state index contributed by atoms with van der Waals surface area (Å²) < 4.78 is 6.12. The summed E-state index contributed by atoms with van der Waals surface area (Å²) >= 11 is 10.1. The van der Waals surface area contributed by atoms with Crippen molar-refractivity contribution in [3.8, 4) is 5.75 Å². The molecular formula is C18H20BrClO2. The smallest absolute Gasteiger partial charge is 0.170 e. The van der Waals surface area contributed by atoms with Crippen molar-refractivity contribution in [3.05, 3.63) is 32.8 Å². The fraction of sp³-hybridized carbons (Fsp3) is 0.500. The molecule has 0 radical (unpaired) electrons. The fourth-order valence-corrected chi connectivity index (χ4v) is 5.04. The molecule has 1 atom stereocenters. The van der Waals surface area contributed by atoms with Gasteiger partial charge in [0.25, 0.3) is 0 Å². The van der Waals surface area contributed by atoms with Gasteiger partial charge in [-0.05, 0) is 58.0 Å². The van der Waals surface area contributed by atoms with Crippen LogP contribution in [-0.2, 0) is 11.2 Å². The first-order valence-electron chi connectivity index (χ1n) is 7.83. The van der Waals surface area contributed by atoms with E-state index in [4.69, 9.17) is 16.3 Å². The minimum absolute atomic E-state index is 0.0566. The number of hydrogen-bond donors (Lipinski definition) is 0. The molecule has 0 amide bonds. The number of carbonyl (C=O) groups is 1. The largest absolute Gasteiger partial charge is 0.495 e. The zero-order chi connectivity index (χ0) is 15.9. The molecule has 0 spiro atoms. The van der Waals surface area contributed by atoms with Crippen LogP contribution in [0.5, 0.6) is 5.75 Å². The Bertz CT molecular complexity index is 665. The maximum Gasteiger partial charge on any atom is 0.170 e. The molecule has 0 fully saturated rings. The Morgan fingerprint density at radius 3 is 2.86 bits per heavy atom. The Labute approximate surface area is 145 Å². The highest BCUT2D eigenvalue weighted by Gasteiger charge is 2.47. The van der Waals surface area contributed by atoms with Crippen molar-refractivity contribution in [3.63, 3.8) is 0 Å². The summed E-state index contributed by atoms with van der Waals surface area (Å²) in [6.07, 6.45) is 5.89. The topological polar surface area (TPSA) is 26.3 Å². The van der Waals surface area contributed by atoms with Gasteiger partial charge in [0.15, 0.2) is 5.78 Å². The van der Waals surface area contributed by atoms with Crippen LogP contribution in [0.2, 0.25) is 5.02 Å². The number of halogens is 2. The molecule has 0 saturated heterocycles. The highest BCUT2D eigenvalue weighted by molar-refractivity contribution is 9.12. The van der Waals surface area contributed by atoms with Crippen LogP contribution in [0.25, 0.3) is 5.57 Å². The van der Waals surface area contributed by atoms with E-state index in [0.717, 1.165) is 41.3 Å².